The smallest absolute Gasteiger partial charge is 0.416 e. The standard InChI is InChI=1S/C17H17F3N2O2/c1-3-24-16-14(8-5-9-21-16)15(23)22-11(2)12-6-4-7-13(10-12)17(18,19)20/h4-11H,3H2,1-2H3,(H,22,23). The van der Waals surface area contributed by atoms with Crippen molar-refractivity contribution in [3.63, 3.8) is 0 Å². The van der Waals surface area contributed by atoms with Gasteiger partial charge in [-0.2, -0.15) is 13.2 Å². The zero-order valence-corrected chi connectivity index (χ0v) is 13.2. The van der Waals surface area contributed by atoms with Crippen molar-refractivity contribution in [3.05, 3.63) is 59.3 Å². The van der Waals surface area contributed by atoms with E-state index in [1.54, 1.807) is 26.0 Å². The summed E-state index contributed by atoms with van der Waals surface area (Å²) in [7, 11) is 0. The molecule has 0 aliphatic carbocycles. The number of aromatic nitrogens is 1. The number of amides is 1. The van der Waals surface area contributed by atoms with E-state index in [-0.39, 0.29) is 11.4 Å². The number of rotatable bonds is 5. The van der Waals surface area contributed by atoms with Gasteiger partial charge in [0.15, 0.2) is 0 Å². The highest BCUT2D eigenvalue weighted by atomic mass is 19.4. The summed E-state index contributed by atoms with van der Waals surface area (Å²) < 4.78 is 43.6. The monoisotopic (exact) mass is 338 g/mol. The summed E-state index contributed by atoms with van der Waals surface area (Å²) in [6.07, 6.45) is -2.93. The van der Waals surface area contributed by atoms with Crippen LogP contribution < -0.4 is 10.1 Å². The molecule has 7 heteroatoms. The fourth-order valence-electron chi connectivity index (χ4n) is 2.16. The van der Waals surface area contributed by atoms with Crippen molar-refractivity contribution in [2.75, 3.05) is 6.61 Å². The maximum absolute atomic E-state index is 12.8. The molecular formula is C17H17F3N2O2. The Balaban J connectivity index is 2.18. The molecule has 128 valence electrons. The number of nitrogens with one attached hydrogen (secondary N) is 1. The molecule has 0 saturated carbocycles. The SMILES string of the molecule is CCOc1ncccc1C(=O)NC(C)c1cccc(C(F)(F)F)c1. The Morgan fingerprint density at radius 1 is 1.29 bits per heavy atom. The summed E-state index contributed by atoms with van der Waals surface area (Å²) in [6.45, 7) is 3.73. The van der Waals surface area contributed by atoms with Gasteiger partial charge in [-0.05, 0) is 43.7 Å². The summed E-state index contributed by atoms with van der Waals surface area (Å²) in [5.41, 5.74) is -0.157. The molecule has 0 aliphatic rings. The molecule has 2 aromatic rings. The van der Waals surface area contributed by atoms with Gasteiger partial charge in [0.05, 0.1) is 18.2 Å². The van der Waals surface area contributed by atoms with E-state index in [0.717, 1.165) is 12.1 Å². The van der Waals surface area contributed by atoms with Crippen LogP contribution in [0.25, 0.3) is 0 Å². The number of carbonyl (C=O) groups is 1. The number of hydrogen-bond acceptors (Lipinski definition) is 3. The van der Waals surface area contributed by atoms with Gasteiger partial charge in [-0.3, -0.25) is 4.79 Å². The summed E-state index contributed by atoms with van der Waals surface area (Å²) in [6, 6.07) is 7.40. The Morgan fingerprint density at radius 3 is 2.71 bits per heavy atom. The first-order valence-electron chi connectivity index (χ1n) is 7.38. The van der Waals surface area contributed by atoms with E-state index in [9.17, 15) is 18.0 Å². The van der Waals surface area contributed by atoms with Gasteiger partial charge >= 0.3 is 6.18 Å². The molecule has 1 N–H and O–H groups in total. The van der Waals surface area contributed by atoms with Crippen LogP contribution in [0.1, 0.15) is 41.4 Å². The number of alkyl halides is 3. The first kappa shape index (κ1) is 17.8. The molecule has 1 heterocycles. The van der Waals surface area contributed by atoms with Gasteiger partial charge in [0.2, 0.25) is 5.88 Å². The second-order valence-corrected chi connectivity index (χ2v) is 5.11. The predicted molar refractivity (Wildman–Crippen MR) is 82.7 cm³/mol. The average Bonchev–Trinajstić information content (AvgIpc) is 2.55. The van der Waals surface area contributed by atoms with Crippen LogP contribution in [0.3, 0.4) is 0 Å². The molecule has 0 aliphatic heterocycles. The lowest BCUT2D eigenvalue weighted by molar-refractivity contribution is -0.137. The highest BCUT2D eigenvalue weighted by Gasteiger charge is 2.30. The van der Waals surface area contributed by atoms with Crippen LogP contribution >= 0.6 is 0 Å². The van der Waals surface area contributed by atoms with Crippen LogP contribution in [-0.2, 0) is 6.18 Å². The summed E-state index contributed by atoms with van der Waals surface area (Å²) in [5.74, 6) is -0.273. The first-order chi connectivity index (χ1) is 11.3. The fraction of sp³-hybridized carbons (Fsp3) is 0.294. The Hall–Kier alpha value is -2.57. The third-order valence-corrected chi connectivity index (χ3v) is 3.36. The highest BCUT2D eigenvalue weighted by molar-refractivity contribution is 5.96. The zero-order chi connectivity index (χ0) is 17.7. The van der Waals surface area contributed by atoms with E-state index in [4.69, 9.17) is 4.74 Å². The van der Waals surface area contributed by atoms with Crippen molar-refractivity contribution in [2.24, 2.45) is 0 Å². The molecule has 0 radical (unpaired) electrons. The molecule has 1 aromatic carbocycles. The number of pyridine rings is 1. The third kappa shape index (κ3) is 4.24. The van der Waals surface area contributed by atoms with Crippen LogP contribution in [0.2, 0.25) is 0 Å². The zero-order valence-electron chi connectivity index (χ0n) is 13.2. The van der Waals surface area contributed by atoms with Crippen LogP contribution in [-0.4, -0.2) is 17.5 Å². The largest absolute Gasteiger partial charge is 0.477 e. The third-order valence-electron chi connectivity index (χ3n) is 3.36. The summed E-state index contributed by atoms with van der Waals surface area (Å²) in [4.78, 5) is 16.3. The Bertz CT molecular complexity index is 717. The molecule has 1 unspecified atom stereocenters. The van der Waals surface area contributed by atoms with Gasteiger partial charge in [-0.1, -0.05) is 12.1 Å². The first-order valence-corrected chi connectivity index (χ1v) is 7.38. The van der Waals surface area contributed by atoms with Crippen molar-refractivity contribution >= 4 is 5.91 Å². The van der Waals surface area contributed by atoms with Crippen molar-refractivity contribution in [1.82, 2.24) is 10.3 Å². The quantitative estimate of drug-likeness (QED) is 0.897. The highest BCUT2D eigenvalue weighted by Crippen LogP contribution is 2.30. The van der Waals surface area contributed by atoms with Gasteiger partial charge in [-0.15, -0.1) is 0 Å². The van der Waals surface area contributed by atoms with Gasteiger partial charge in [-0.25, -0.2) is 4.98 Å². The van der Waals surface area contributed by atoms with E-state index in [0.29, 0.717) is 12.2 Å². The van der Waals surface area contributed by atoms with Crippen LogP contribution in [0.4, 0.5) is 13.2 Å². The van der Waals surface area contributed by atoms with E-state index in [1.165, 1.54) is 18.3 Å². The lowest BCUT2D eigenvalue weighted by Crippen LogP contribution is -2.27. The summed E-state index contributed by atoms with van der Waals surface area (Å²) in [5, 5.41) is 2.66. The second-order valence-electron chi connectivity index (χ2n) is 5.11. The van der Waals surface area contributed by atoms with Crippen molar-refractivity contribution in [2.45, 2.75) is 26.1 Å². The molecule has 2 rings (SSSR count). The molecule has 0 fully saturated rings. The maximum Gasteiger partial charge on any atom is 0.416 e. The molecule has 1 atom stereocenters. The van der Waals surface area contributed by atoms with Gasteiger partial charge in [0.25, 0.3) is 5.91 Å². The van der Waals surface area contributed by atoms with Gasteiger partial charge < -0.3 is 10.1 Å². The average molecular weight is 338 g/mol. The Morgan fingerprint density at radius 2 is 2.04 bits per heavy atom. The number of hydrogen-bond donors (Lipinski definition) is 1. The number of halogens is 3. The van der Waals surface area contributed by atoms with Crippen molar-refractivity contribution in [1.29, 1.82) is 0 Å². The fourth-order valence-corrected chi connectivity index (χ4v) is 2.16. The van der Waals surface area contributed by atoms with Gasteiger partial charge in [0, 0.05) is 6.20 Å². The lowest BCUT2D eigenvalue weighted by atomic mass is 10.0. The van der Waals surface area contributed by atoms with E-state index in [1.807, 2.05) is 0 Å². The van der Waals surface area contributed by atoms with E-state index < -0.39 is 23.7 Å². The normalized spacial score (nSPS) is 12.5. The number of carbonyl (C=O) groups excluding carboxylic acids is 1. The summed E-state index contributed by atoms with van der Waals surface area (Å²) >= 11 is 0. The van der Waals surface area contributed by atoms with Crippen LogP contribution in [0.15, 0.2) is 42.6 Å². The molecule has 4 nitrogen and oxygen atoms in total. The van der Waals surface area contributed by atoms with Crippen LogP contribution in [0.5, 0.6) is 5.88 Å². The molecule has 0 bridgehead atoms. The molecule has 0 spiro atoms. The Labute approximate surface area is 137 Å². The minimum atomic E-state index is -4.43. The molecule has 0 saturated heterocycles. The lowest BCUT2D eigenvalue weighted by Gasteiger charge is -2.17. The second kappa shape index (κ2) is 7.33. The predicted octanol–water partition coefficient (Wildman–Crippen LogP) is 3.99. The number of benzene rings is 1. The molecular weight excluding hydrogens is 321 g/mol. The van der Waals surface area contributed by atoms with E-state index >= 15 is 0 Å². The van der Waals surface area contributed by atoms with Gasteiger partial charge in [0.1, 0.15) is 5.56 Å². The van der Waals surface area contributed by atoms with Crippen molar-refractivity contribution in [3.8, 4) is 5.88 Å². The Kier molecular flexibility index (Phi) is 5.43. The minimum absolute atomic E-state index is 0.189. The topological polar surface area (TPSA) is 51.2 Å². The van der Waals surface area contributed by atoms with Crippen molar-refractivity contribution < 1.29 is 22.7 Å². The van der Waals surface area contributed by atoms with Crippen LogP contribution in [0, 0.1) is 0 Å². The number of ether oxygens (including phenoxy) is 1. The molecule has 1 aromatic heterocycles. The molecule has 1 amide bonds. The maximum atomic E-state index is 12.8. The molecule has 24 heavy (non-hydrogen) atoms. The minimum Gasteiger partial charge on any atom is -0.477 e. The van der Waals surface area contributed by atoms with E-state index in [2.05, 4.69) is 10.3 Å². The number of nitrogens with zero attached hydrogens (tertiary/aromatic N) is 1.